The Balaban J connectivity index is 1.94. The first kappa shape index (κ1) is 26.8. The Morgan fingerprint density at radius 3 is 2.56 bits per heavy atom. The SMILES string of the molecule is C=CCc1cc(/C=C(\C#N)C(=O)Nc2cccc(C)c2C)cc(OCC)c1OCc1ccc(Br)cc1. The summed E-state index contributed by atoms with van der Waals surface area (Å²) in [6, 6.07) is 19.3. The zero-order valence-electron chi connectivity index (χ0n) is 20.7. The van der Waals surface area contributed by atoms with Crippen molar-refractivity contribution in [1.29, 1.82) is 5.26 Å². The van der Waals surface area contributed by atoms with Crippen LogP contribution in [0.1, 0.15) is 34.7 Å². The molecule has 0 aliphatic carbocycles. The zero-order valence-corrected chi connectivity index (χ0v) is 22.3. The molecule has 0 bridgehead atoms. The molecule has 184 valence electrons. The summed E-state index contributed by atoms with van der Waals surface area (Å²) in [7, 11) is 0. The van der Waals surface area contributed by atoms with Crippen LogP contribution < -0.4 is 14.8 Å². The van der Waals surface area contributed by atoms with Crippen molar-refractivity contribution in [3.05, 3.63) is 105 Å². The van der Waals surface area contributed by atoms with Crippen molar-refractivity contribution in [3.8, 4) is 17.6 Å². The molecule has 0 aliphatic rings. The highest BCUT2D eigenvalue weighted by atomic mass is 79.9. The number of anilines is 1. The number of rotatable bonds is 10. The maximum Gasteiger partial charge on any atom is 0.266 e. The van der Waals surface area contributed by atoms with Gasteiger partial charge in [-0.15, -0.1) is 6.58 Å². The Morgan fingerprint density at radius 2 is 1.89 bits per heavy atom. The van der Waals surface area contributed by atoms with Crippen LogP contribution in [0.25, 0.3) is 6.08 Å². The Bertz CT molecular complexity index is 1320. The molecule has 1 N–H and O–H groups in total. The summed E-state index contributed by atoms with van der Waals surface area (Å²) in [5, 5.41) is 12.6. The number of nitriles is 1. The van der Waals surface area contributed by atoms with Gasteiger partial charge in [0, 0.05) is 15.7 Å². The summed E-state index contributed by atoms with van der Waals surface area (Å²) in [5.74, 6) is 0.701. The van der Waals surface area contributed by atoms with Crippen molar-refractivity contribution >= 4 is 33.6 Å². The van der Waals surface area contributed by atoms with Crippen LogP contribution in [0.3, 0.4) is 0 Å². The molecule has 3 aromatic carbocycles. The van der Waals surface area contributed by atoms with Gasteiger partial charge < -0.3 is 14.8 Å². The molecule has 3 rings (SSSR count). The first-order valence-electron chi connectivity index (χ1n) is 11.6. The predicted molar refractivity (Wildman–Crippen MR) is 148 cm³/mol. The molecule has 0 spiro atoms. The number of aryl methyl sites for hydroxylation is 1. The molecule has 36 heavy (non-hydrogen) atoms. The molecule has 5 nitrogen and oxygen atoms in total. The molecule has 0 fully saturated rings. The first-order valence-corrected chi connectivity index (χ1v) is 12.4. The fourth-order valence-electron chi connectivity index (χ4n) is 3.63. The lowest BCUT2D eigenvalue weighted by molar-refractivity contribution is -0.112. The van der Waals surface area contributed by atoms with Crippen molar-refractivity contribution in [2.45, 2.75) is 33.8 Å². The molecule has 0 radical (unpaired) electrons. The lowest BCUT2D eigenvalue weighted by Gasteiger charge is -2.17. The lowest BCUT2D eigenvalue weighted by Crippen LogP contribution is -2.14. The van der Waals surface area contributed by atoms with Crippen molar-refractivity contribution < 1.29 is 14.3 Å². The van der Waals surface area contributed by atoms with Crippen molar-refractivity contribution in [2.75, 3.05) is 11.9 Å². The van der Waals surface area contributed by atoms with E-state index < -0.39 is 5.91 Å². The molecule has 0 saturated heterocycles. The second kappa shape index (κ2) is 12.8. The Labute approximate surface area is 221 Å². The molecule has 0 unspecified atom stereocenters. The number of hydrogen-bond acceptors (Lipinski definition) is 4. The summed E-state index contributed by atoms with van der Waals surface area (Å²) in [5.41, 5.74) is 5.23. The number of carbonyl (C=O) groups excluding carboxylic acids is 1. The van der Waals surface area contributed by atoms with Gasteiger partial charge in [0.25, 0.3) is 5.91 Å². The largest absolute Gasteiger partial charge is 0.490 e. The number of nitrogens with zero attached hydrogens (tertiary/aromatic N) is 1. The van der Waals surface area contributed by atoms with E-state index in [4.69, 9.17) is 9.47 Å². The molecule has 1 amide bonds. The number of hydrogen-bond donors (Lipinski definition) is 1. The highest BCUT2D eigenvalue weighted by Crippen LogP contribution is 2.35. The van der Waals surface area contributed by atoms with Gasteiger partial charge in [0.05, 0.1) is 6.61 Å². The number of allylic oxidation sites excluding steroid dienone is 1. The van der Waals surface area contributed by atoms with Gasteiger partial charge in [-0.25, -0.2) is 0 Å². The van der Waals surface area contributed by atoms with Crippen LogP contribution >= 0.6 is 15.9 Å². The summed E-state index contributed by atoms with van der Waals surface area (Å²) < 4.78 is 13.1. The van der Waals surface area contributed by atoms with E-state index in [0.29, 0.717) is 42.4 Å². The van der Waals surface area contributed by atoms with Crippen LogP contribution in [0.2, 0.25) is 0 Å². The summed E-state index contributed by atoms with van der Waals surface area (Å²) >= 11 is 3.45. The Kier molecular flexibility index (Phi) is 9.49. The van der Waals surface area contributed by atoms with Gasteiger partial charge in [0.15, 0.2) is 11.5 Å². The van der Waals surface area contributed by atoms with Gasteiger partial charge >= 0.3 is 0 Å². The van der Waals surface area contributed by atoms with Crippen LogP contribution in [0.4, 0.5) is 5.69 Å². The van der Waals surface area contributed by atoms with Gasteiger partial charge in [-0.3, -0.25) is 4.79 Å². The van der Waals surface area contributed by atoms with Gasteiger partial charge in [-0.1, -0.05) is 46.3 Å². The van der Waals surface area contributed by atoms with Gasteiger partial charge in [-0.05, 0) is 85.9 Å². The predicted octanol–water partition coefficient (Wildman–Crippen LogP) is 7.32. The van der Waals surface area contributed by atoms with Crippen LogP contribution in [-0.4, -0.2) is 12.5 Å². The molecular weight excluding hydrogens is 516 g/mol. The quantitative estimate of drug-likeness (QED) is 0.165. The number of halogens is 1. The molecule has 0 heterocycles. The lowest BCUT2D eigenvalue weighted by atomic mass is 10.0. The molecule has 0 aromatic heterocycles. The second-order valence-electron chi connectivity index (χ2n) is 8.22. The number of nitrogens with one attached hydrogen (secondary N) is 1. The van der Waals surface area contributed by atoms with Crippen LogP contribution in [0, 0.1) is 25.2 Å². The van der Waals surface area contributed by atoms with E-state index in [0.717, 1.165) is 26.7 Å². The van der Waals surface area contributed by atoms with E-state index in [-0.39, 0.29) is 5.57 Å². The first-order chi connectivity index (χ1) is 17.4. The molecule has 6 heteroatoms. The third-order valence-electron chi connectivity index (χ3n) is 5.64. The number of ether oxygens (including phenoxy) is 2. The molecular formula is C30H29BrN2O3. The topological polar surface area (TPSA) is 71.4 Å². The molecule has 0 atom stereocenters. The van der Waals surface area contributed by atoms with E-state index in [1.165, 1.54) is 0 Å². The van der Waals surface area contributed by atoms with Crippen LogP contribution in [0.5, 0.6) is 11.5 Å². The van der Waals surface area contributed by atoms with Gasteiger partial charge in [0.1, 0.15) is 18.2 Å². The highest BCUT2D eigenvalue weighted by molar-refractivity contribution is 9.10. The summed E-state index contributed by atoms with van der Waals surface area (Å²) in [6.07, 6.45) is 3.88. The van der Waals surface area contributed by atoms with E-state index in [2.05, 4.69) is 27.8 Å². The standard InChI is InChI=1S/C30H29BrN2O3/c1-5-8-24-15-23(16-25(18-32)30(34)33-27-10-7-9-20(3)21(27)4)17-28(35-6-2)29(24)36-19-22-11-13-26(31)14-12-22/h5,7,9-17H,1,6,8,19H2,2-4H3,(H,33,34)/b25-16+. The number of carbonyl (C=O) groups is 1. The average molecular weight is 545 g/mol. The average Bonchev–Trinajstić information content (AvgIpc) is 2.86. The van der Waals surface area contributed by atoms with Gasteiger partial charge in [0.2, 0.25) is 0 Å². The maximum atomic E-state index is 12.9. The van der Waals surface area contributed by atoms with Crippen molar-refractivity contribution in [2.24, 2.45) is 0 Å². The van der Waals surface area contributed by atoms with E-state index in [9.17, 15) is 10.1 Å². The van der Waals surface area contributed by atoms with Crippen LogP contribution in [-0.2, 0) is 17.8 Å². The second-order valence-corrected chi connectivity index (χ2v) is 9.14. The zero-order chi connectivity index (χ0) is 26.1. The smallest absolute Gasteiger partial charge is 0.266 e. The Morgan fingerprint density at radius 1 is 1.14 bits per heavy atom. The minimum Gasteiger partial charge on any atom is -0.490 e. The fraction of sp³-hybridized carbons (Fsp3) is 0.200. The highest BCUT2D eigenvalue weighted by Gasteiger charge is 2.16. The number of benzene rings is 3. The molecule has 0 saturated carbocycles. The van der Waals surface area contributed by atoms with Crippen LogP contribution in [0.15, 0.2) is 77.3 Å². The minimum atomic E-state index is -0.468. The Hall–Kier alpha value is -3.82. The molecule has 0 aliphatic heterocycles. The third-order valence-corrected chi connectivity index (χ3v) is 6.17. The normalized spacial score (nSPS) is 10.9. The van der Waals surface area contributed by atoms with E-state index in [1.807, 2.05) is 75.4 Å². The minimum absolute atomic E-state index is 0.00793. The number of amides is 1. The monoisotopic (exact) mass is 544 g/mol. The summed E-state index contributed by atoms with van der Waals surface area (Å²) in [6.45, 7) is 10.5. The summed E-state index contributed by atoms with van der Waals surface area (Å²) in [4.78, 5) is 12.9. The molecule has 3 aromatic rings. The van der Waals surface area contributed by atoms with E-state index >= 15 is 0 Å². The van der Waals surface area contributed by atoms with Gasteiger partial charge in [-0.2, -0.15) is 5.26 Å². The third kappa shape index (κ3) is 6.87. The maximum absolute atomic E-state index is 12.9. The van der Waals surface area contributed by atoms with E-state index in [1.54, 1.807) is 18.2 Å². The van der Waals surface area contributed by atoms with Crippen molar-refractivity contribution in [3.63, 3.8) is 0 Å². The fourth-order valence-corrected chi connectivity index (χ4v) is 3.89. The van der Waals surface area contributed by atoms with Crippen molar-refractivity contribution in [1.82, 2.24) is 0 Å².